The number of fused-ring (bicyclic) bond motifs is 2. The molecule has 0 unspecified atom stereocenters. The number of carbonyl (C=O) groups excluding carboxylic acids is 1. The molecule has 1 N–H and O–H groups in total. The van der Waals surface area contributed by atoms with Crippen LogP contribution < -0.4 is 0 Å². The van der Waals surface area contributed by atoms with Gasteiger partial charge < -0.3 is 9.94 Å². The molecule has 2 fully saturated rings. The van der Waals surface area contributed by atoms with Crippen molar-refractivity contribution < 1.29 is 14.7 Å². The lowest BCUT2D eigenvalue weighted by atomic mass is 10.1. The normalized spacial score (nSPS) is 31.7. The fourth-order valence-electron chi connectivity index (χ4n) is 2.73. The molecule has 1 saturated carbocycles. The molecule has 3 rings (SSSR count). The minimum absolute atomic E-state index is 0.197. The van der Waals surface area contributed by atoms with Crippen LogP contribution in [0.3, 0.4) is 0 Å². The molecule has 2 bridgehead atoms. The highest BCUT2D eigenvalue weighted by Gasteiger charge is 2.45. The Morgan fingerprint density at radius 2 is 2.06 bits per heavy atom. The van der Waals surface area contributed by atoms with Crippen LogP contribution >= 0.6 is 0 Å². The molecule has 1 aliphatic heterocycles. The van der Waals surface area contributed by atoms with Crippen LogP contribution in [0.15, 0.2) is 30.3 Å². The summed E-state index contributed by atoms with van der Waals surface area (Å²) in [6.45, 7) is 0.657. The fraction of sp³-hybridized carbons (Fsp3) is 0.462. The Kier molecular flexibility index (Phi) is 2.61. The molecule has 1 aliphatic carbocycles. The van der Waals surface area contributed by atoms with E-state index in [4.69, 9.17) is 4.84 Å². The molecule has 1 heterocycles. The summed E-state index contributed by atoms with van der Waals surface area (Å²) >= 11 is 0. The minimum Gasteiger partial charge on any atom is -0.393 e. The summed E-state index contributed by atoms with van der Waals surface area (Å²) in [5.41, 5.74) is 0.566. The second-order valence-corrected chi connectivity index (χ2v) is 4.80. The van der Waals surface area contributed by atoms with Crippen LogP contribution in [0.2, 0.25) is 0 Å². The van der Waals surface area contributed by atoms with Crippen molar-refractivity contribution in [3.63, 3.8) is 0 Å². The number of benzene rings is 1. The average Bonchev–Trinajstić information content (AvgIpc) is 2.89. The van der Waals surface area contributed by atoms with E-state index in [1.54, 1.807) is 17.2 Å². The van der Waals surface area contributed by atoms with E-state index in [-0.39, 0.29) is 24.0 Å². The Balaban J connectivity index is 1.64. The van der Waals surface area contributed by atoms with Gasteiger partial charge in [0.05, 0.1) is 11.7 Å². The molecule has 3 atom stereocenters. The summed E-state index contributed by atoms with van der Waals surface area (Å²) in [5, 5.41) is 11.4. The van der Waals surface area contributed by atoms with E-state index < -0.39 is 0 Å². The molecular weight excluding hydrogens is 218 g/mol. The molecule has 1 aromatic rings. The van der Waals surface area contributed by atoms with Crippen LogP contribution in [0.5, 0.6) is 0 Å². The standard InChI is InChI=1S/C13H15NO3/c15-12-7-11-6-10(12)8-14(11)17-13(16)9-4-2-1-3-5-9/h1-5,10-12,15H,6-8H2/t10-,11-,12+/m0/s1. The van der Waals surface area contributed by atoms with Crippen molar-refractivity contribution in [1.82, 2.24) is 5.06 Å². The van der Waals surface area contributed by atoms with Gasteiger partial charge in [-0.15, -0.1) is 5.06 Å². The molecule has 0 aromatic heterocycles. The minimum atomic E-state index is -0.312. The van der Waals surface area contributed by atoms with Gasteiger partial charge in [0.15, 0.2) is 0 Å². The van der Waals surface area contributed by atoms with Gasteiger partial charge in [-0.25, -0.2) is 4.79 Å². The number of carbonyl (C=O) groups is 1. The second kappa shape index (κ2) is 4.13. The third-order valence-corrected chi connectivity index (χ3v) is 3.66. The van der Waals surface area contributed by atoms with E-state index >= 15 is 0 Å². The van der Waals surface area contributed by atoms with Gasteiger partial charge in [0.25, 0.3) is 0 Å². The predicted molar refractivity (Wildman–Crippen MR) is 61.1 cm³/mol. The van der Waals surface area contributed by atoms with E-state index in [0.717, 1.165) is 6.42 Å². The number of rotatable bonds is 2. The fourth-order valence-corrected chi connectivity index (χ4v) is 2.73. The SMILES string of the molecule is O=C(ON1C[C@@H]2C[C@H]1C[C@H]2O)c1ccccc1. The number of hydrogen-bond donors (Lipinski definition) is 1. The first kappa shape index (κ1) is 10.7. The maximum absolute atomic E-state index is 11.8. The smallest absolute Gasteiger partial charge is 0.357 e. The van der Waals surface area contributed by atoms with Gasteiger partial charge in [-0.05, 0) is 25.0 Å². The number of hydroxylamine groups is 2. The first-order valence-electron chi connectivity index (χ1n) is 5.96. The van der Waals surface area contributed by atoms with Crippen molar-refractivity contribution in [1.29, 1.82) is 0 Å². The molecule has 0 radical (unpaired) electrons. The van der Waals surface area contributed by atoms with Crippen molar-refractivity contribution in [3.8, 4) is 0 Å². The van der Waals surface area contributed by atoms with Gasteiger partial charge in [-0.1, -0.05) is 18.2 Å². The largest absolute Gasteiger partial charge is 0.393 e. The molecule has 4 heteroatoms. The highest BCUT2D eigenvalue weighted by atomic mass is 16.7. The first-order valence-corrected chi connectivity index (χ1v) is 5.96. The summed E-state index contributed by atoms with van der Waals surface area (Å²) in [4.78, 5) is 17.2. The lowest BCUT2D eigenvalue weighted by molar-refractivity contribution is -0.140. The van der Waals surface area contributed by atoms with Gasteiger partial charge in [-0.2, -0.15) is 0 Å². The van der Waals surface area contributed by atoms with Crippen molar-refractivity contribution in [2.24, 2.45) is 5.92 Å². The lowest BCUT2D eigenvalue weighted by Gasteiger charge is -2.27. The highest BCUT2D eigenvalue weighted by molar-refractivity contribution is 5.89. The summed E-state index contributed by atoms with van der Waals surface area (Å²) < 4.78 is 0. The third-order valence-electron chi connectivity index (χ3n) is 3.66. The zero-order valence-electron chi connectivity index (χ0n) is 9.45. The van der Waals surface area contributed by atoms with E-state index in [2.05, 4.69) is 0 Å². The monoisotopic (exact) mass is 233 g/mol. The molecule has 2 aliphatic rings. The van der Waals surface area contributed by atoms with Crippen molar-refractivity contribution >= 4 is 5.97 Å². The van der Waals surface area contributed by atoms with E-state index in [1.807, 2.05) is 18.2 Å². The lowest BCUT2D eigenvalue weighted by Crippen LogP contribution is -2.38. The van der Waals surface area contributed by atoms with Crippen molar-refractivity contribution in [3.05, 3.63) is 35.9 Å². The number of aliphatic hydroxyl groups is 1. The van der Waals surface area contributed by atoms with Crippen LogP contribution in [-0.4, -0.2) is 34.8 Å². The van der Waals surface area contributed by atoms with Crippen molar-refractivity contribution in [2.45, 2.75) is 25.0 Å². The van der Waals surface area contributed by atoms with Crippen LogP contribution in [-0.2, 0) is 4.84 Å². The van der Waals surface area contributed by atoms with Gasteiger partial charge in [0.2, 0.25) is 0 Å². The summed E-state index contributed by atoms with van der Waals surface area (Å²) in [6.07, 6.45) is 1.43. The summed E-state index contributed by atoms with van der Waals surface area (Å²) in [5.74, 6) is -0.0452. The Morgan fingerprint density at radius 1 is 1.29 bits per heavy atom. The van der Waals surface area contributed by atoms with E-state index in [1.165, 1.54) is 0 Å². The molecule has 1 saturated heterocycles. The third kappa shape index (κ3) is 1.94. The van der Waals surface area contributed by atoms with Gasteiger partial charge in [-0.3, -0.25) is 0 Å². The second-order valence-electron chi connectivity index (χ2n) is 4.80. The maximum atomic E-state index is 11.8. The Morgan fingerprint density at radius 3 is 2.65 bits per heavy atom. The Labute approximate surface area is 99.8 Å². The molecule has 0 amide bonds. The molecule has 0 spiro atoms. The van der Waals surface area contributed by atoms with Crippen LogP contribution in [0, 0.1) is 5.92 Å². The van der Waals surface area contributed by atoms with Gasteiger partial charge in [0, 0.05) is 18.5 Å². The molecule has 90 valence electrons. The van der Waals surface area contributed by atoms with Gasteiger partial charge in [0.1, 0.15) is 0 Å². The number of hydrogen-bond acceptors (Lipinski definition) is 4. The average molecular weight is 233 g/mol. The molecule has 1 aromatic carbocycles. The van der Waals surface area contributed by atoms with Crippen LogP contribution in [0.1, 0.15) is 23.2 Å². The van der Waals surface area contributed by atoms with E-state index in [0.29, 0.717) is 18.5 Å². The van der Waals surface area contributed by atoms with Crippen LogP contribution in [0.25, 0.3) is 0 Å². The Bertz CT molecular complexity index is 418. The number of nitrogens with zero attached hydrogens (tertiary/aromatic N) is 1. The zero-order valence-corrected chi connectivity index (χ0v) is 9.45. The maximum Gasteiger partial charge on any atom is 0.357 e. The highest BCUT2D eigenvalue weighted by Crippen LogP contribution is 2.37. The van der Waals surface area contributed by atoms with Gasteiger partial charge >= 0.3 is 5.97 Å². The van der Waals surface area contributed by atoms with E-state index in [9.17, 15) is 9.90 Å². The predicted octanol–water partition coefficient (Wildman–Crippen LogP) is 1.21. The number of piperidine rings is 1. The molecule has 4 nitrogen and oxygen atoms in total. The first-order chi connectivity index (χ1) is 8.24. The zero-order chi connectivity index (χ0) is 11.8. The Hall–Kier alpha value is -1.39. The summed E-state index contributed by atoms with van der Waals surface area (Å²) in [6, 6.07) is 9.18. The number of aliphatic hydroxyl groups excluding tert-OH is 1. The topological polar surface area (TPSA) is 49.8 Å². The van der Waals surface area contributed by atoms with Crippen LogP contribution in [0.4, 0.5) is 0 Å². The molecular formula is C13H15NO3. The van der Waals surface area contributed by atoms with Crippen molar-refractivity contribution in [2.75, 3.05) is 6.54 Å². The summed E-state index contributed by atoms with van der Waals surface area (Å²) in [7, 11) is 0. The molecule has 17 heavy (non-hydrogen) atoms. The quantitative estimate of drug-likeness (QED) is 0.834.